The van der Waals surface area contributed by atoms with Gasteiger partial charge in [-0.3, -0.25) is 0 Å². The lowest BCUT2D eigenvalue weighted by Gasteiger charge is -2.22. The second-order valence-electron chi connectivity index (χ2n) is 4.59. The molecule has 0 aliphatic carbocycles. The van der Waals surface area contributed by atoms with Gasteiger partial charge in [-0.15, -0.1) is 0 Å². The van der Waals surface area contributed by atoms with Crippen LogP contribution in [0, 0.1) is 0 Å². The molecule has 3 rings (SSSR count). The average Bonchev–Trinajstić information content (AvgIpc) is 2.76. The van der Waals surface area contributed by atoms with Crippen LogP contribution in [-0.2, 0) is 6.42 Å². The largest absolute Gasteiger partial charge is 0.497 e. The number of methoxy groups -OCH3 is 1. The van der Waals surface area contributed by atoms with Gasteiger partial charge in [0, 0.05) is 22.6 Å². The van der Waals surface area contributed by atoms with E-state index >= 15 is 0 Å². The van der Waals surface area contributed by atoms with Crippen LogP contribution in [0.25, 0.3) is 10.9 Å². The first-order chi connectivity index (χ1) is 8.33. The Balaban J connectivity index is 2.20. The van der Waals surface area contributed by atoms with Crippen LogP contribution >= 0.6 is 0 Å². The number of hydrogen-bond donors (Lipinski definition) is 2. The number of hydrogen-bond acceptors (Lipinski definition) is 2. The summed E-state index contributed by atoms with van der Waals surface area (Å²) in [6, 6.07) is 6.73. The molecule has 2 N–H and O–H groups in total. The Hall–Kier alpha value is -1.48. The van der Waals surface area contributed by atoms with Gasteiger partial charge in [0.15, 0.2) is 0 Å². The number of nitrogens with one attached hydrogen (secondary N) is 2. The number of ether oxygens (including phenoxy) is 1. The standard InChI is InChI=1S/C14H18N2O/c1-3-12-14-10(6-7-15-12)11-8-9(17-2)4-5-13(11)16-14/h4-5,8,12,15-16H,3,6-7H2,1-2H3. The smallest absolute Gasteiger partial charge is 0.119 e. The van der Waals surface area contributed by atoms with Crippen molar-refractivity contribution in [2.45, 2.75) is 25.8 Å². The Bertz CT molecular complexity index is 544. The van der Waals surface area contributed by atoms with Crippen LogP contribution in [0.4, 0.5) is 0 Å². The summed E-state index contributed by atoms with van der Waals surface area (Å²) in [7, 11) is 1.72. The highest BCUT2D eigenvalue weighted by Crippen LogP contribution is 2.33. The molecule has 0 radical (unpaired) electrons. The highest BCUT2D eigenvalue weighted by molar-refractivity contribution is 5.86. The maximum absolute atomic E-state index is 5.31. The van der Waals surface area contributed by atoms with Crippen LogP contribution in [0.15, 0.2) is 18.2 Å². The molecule has 90 valence electrons. The fourth-order valence-corrected chi connectivity index (χ4v) is 2.76. The number of aromatic amines is 1. The summed E-state index contributed by atoms with van der Waals surface area (Å²) in [5, 5.41) is 4.87. The molecule has 0 saturated heterocycles. The van der Waals surface area contributed by atoms with Crippen LogP contribution < -0.4 is 10.1 Å². The predicted molar refractivity (Wildman–Crippen MR) is 69.6 cm³/mol. The van der Waals surface area contributed by atoms with Gasteiger partial charge < -0.3 is 15.0 Å². The summed E-state index contributed by atoms with van der Waals surface area (Å²) < 4.78 is 5.31. The number of aromatic nitrogens is 1. The van der Waals surface area contributed by atoms with Crippen molar-refractivity contribution in [1.29, 1.82) is 0 Å². The highest BCUT2D eigenvalue weighted by atomic mass is 16.5. The molecule has 1 atom stereocenters. The third-order valence-electron chi connectivity index (χ3n) is 3.67. The molecule has 0 fully saturated rings. The van der Waals surface area contributed by atoms with Gasteiger partial charge in [0.2, 0.25) is 0 Å². The van der Waals surface area contributed by atoms with Crippen LogP contribution in [0.1, 0.15) is 30.6 Å². The molecule has 1 aliphatic rings. The molecule has 17 heavy (non-hydrogen) atoms. The quantitative estimate of drug-likeness (QED) is 0.832. The normalized spacial score (nSPS) is 19.3. The Morgan fingerprint density at radius 1 is 1.41 bits per heavy atom. The average molecular weight is 230 g/mol. The molecule has 2 heterocycles. The molecule has 0 amide bonds. The summed E-state index contributed by atoms with van der Waals surface area (Å²) in [6.45, 7) is 3.29. The number of fused-ring (bicyclic) bond motifs is 3. The Labute approximate surface area is 101 Å². The summed E-state index contributed by atoms with van der Waals surface area (Å²) in [5.74, 6) is 0.936. The van der Waals surface area contributed by atoms with Crippen molar-refractivity contribution >= 4 is 10.9 Å². The van der Waals surface area contributed by atoms with Crippen molar-refractivity contribution in [3.8, 4) is 5.75 Å². The summed E-state index contributed by atoms with van der Waals surface area (Å²) in [6.07, 6.45) is 2.22. The maximum Gasteiger partial charge on any atom is 0.119 e. The van der Waals surface area contributed by atoms with Gasteiger partial charge in [-0.2, -0.15) is 0 Å². The number of H-pyrrole nitrogens is 1. The molecule has 2 aromatic rings. The molecular weight excluding hydrogens is 212 g/mol. The molecule has 0 spiro atoms. The first-order valence-electron chi connectivity index (χ1n) is 6.25. The van der Waals surface area contributed by atoms with Crippen LogP contribution in [0.5, 0.6) is 5.75 Å². The summed E-state index contributed by atoms with van der Waals surface area (Å²) in [4.78, 5) is 3.55. The minimum Gasteiger partial charge on any atom is -0.497 e. The first kappa shape index (κ1) is 10.7. The fraction of sp³-hybridized carbons (Fsp3) is 0.429. The second-order valence-corrected chi connectivity index (χ2v) is 4.59. The molecule has 1 aromatic heterocycles. The van der Waals surface area contributed by atoms with Crippen molar-refractivity contribution in [3.63, 3.8) is 0 Å². The van der Waals surface area contributed by atoms with Crippen LogP contribution in [-0.4, -0.2) is 18.6 Å². The molecule has 1 unspecified atom stereocenters. The van der Waals surface area contributed by atoms with Gasteiger partial charge in [-0.1, -0.05) is 6.92 Å². The fourth-order valence-electron chi connectivity index (χ4n) is 2.76. The van der Waals surface area contributed by atoms with Gasteiger partial charge in [0.05, 0.1) is 7.11 Å². The van der Waals surface area contributed by atoms with Gasteiger partial charge in [-0.25, -0.2) is 0 Å². The van der Waals surface area contributed by atoms with Crippen molar-refractivity contribution in [3.05, 3.63) is 29.5 Å². The lowest BCUT2D eigenvalue weighted by Crippen LogP contribution is -2.29. The first-order valence-corrected chi connectivity index (χ1v) is 6.25. The maximum atomic E-state index is 5.31. The van der Waals surface area contributed by atoms with Crippen molar-refractivity contribution in [2.75, 3.05) is 13.7 Å². The topological polar surface area (TPSA) is 37.0 Å². The zero-order chi connectivity index (χ0) is 11.8. The second kappa shape index (κ2) is 4.08. The minimum atomic E-state index is 0.470. The Morgan fingerprint density at radius 2 is 2.29 bits per heavy atom. The minimum absolute atomic E-state index is 0.470. The van der Waals surface area contributed by atoms with E-state index in [4.69, 9.17) is 4.74 Å². The lowest BCUT2D eigenvalue weighted by molar-refractivity contribution is 0.415. The molecule has 3 nitrogen and oxygen atoms in total. The predicted octanol–water partition coefficient (Wildman–Crippen LogP) is 2.77. The summed E-state index contributed by atoms with van der Waals surface area (Å²) >= 11 is 0. The molecule has 3 heteroatoms. The van der Waals surface area contributed by atoms with Gasteiger partial charge in [0.1, 0.15) is 5.75 Å². The van der Waals surface area contributed by atoms with Crippen LogP contribution in [0.3, 0.4) is 0 Å². The van der Waals surface area contributed by atoms with E-state index in [9.17, 15) is 0 Å². The van der Waals surface area contributed by atoms with E-state index < -0.39 is 0 Å². The van der Waals surface area contributed by atoms with Crippen molar-refractivity contribution in [1.82, 2.24) is 10.3 Å². The number of rotatable bonds is 2. The van der Waals surface area contributed by atoms with E-state index in [1.165, 1.54) is 22.2 Å². The van der Waals surface area contributed by atoms with Gasteiger partial charge in [0.25, 0.3) is 0 Å². The van der Waals surface area contributed by atoms with Crippen molar-refractivity contribution in [2.24, 2.45) is 0 Å². The van der Waals surface area contributed by atoms with E-state index in [-0.39, 0.29) is 0 Å². The third kappa shape index (κ3) is 1.62. The van der Waals surface area contributed by atoms with Gasteiger partial charge >= 0.3 is 0 Å². The Kier molecular flexibility index (Phi) is 2.56. The van der Waals surface area contributed by atoms with Gasteiger partial charge in [-0.05, 0) is 43.1 Å². The Morgan fingerprint density at radius 3 is 3.06 bits per heavy atom. The van der Waals surface area contributed by atoms with E-state index in [1.54, 1.807) is 7.11 Å². The summed E-state index contributed by atoms with van der Waals surface area (Å²) in [5.41, 5.74) is 4.05. The van der Waals surface area contributed by atoms with E-state index in [1.807, 2.05) is 6.07 Å². The molecule has 1 aromatic carbocycles. The molecule has 0 bridgehead atoms. The lowest BCUT2D eigenvalue weighted by atomic mass is 9.98. The van der Waals surface area contributed by atoms with E-state index in [0.717, 1.165) is 25.1 Å². The SMILES string of the molecule is CCC1NCCc2c1[nH]c1ccc(OC)cc21. The molecule has 0 saturated carbocycles. The van der Waals surface area contributed by atoms with E-state index in [0.29, 0.717) is 6.04 Å². The van der Waals surface area contributed by atoms with Crippen molar-refractivity contribution < 1.29 is 4.74 Å². The van der Waals surface area contributed by atoms with Crippen LogP contribution in [0.2, 0.25) is 0 Å². The number of benzene rings is 1. The third-order valence-corrected chi connectivity index (χ3v) is 3.67. The monoisotopic (exact) mass is 230 g/mol. The molecular formula is C14H18N2O. The molecule has 1 aliphatic heterocycles. The highest BCUT2D eigenvalue weighted by Gasteiger charge is 2.22. The zero-order valence-electron chi connectivity index (χ0n) is 10.3. The van der Waals surface area contributed by atoms with E-state index in [2.05, 4.69) is 29.4 Å². The zero-order valence-corrected chi connectivity index (χ0v) is 10.3.